The van der Waals surface area contributed by atoms with Gasteiger partial charge < -0.3 is 10.2 Å². The summed E-state index contributed by atoms with van der Waals surface area (Å²) < 4.78 is 13.7. The second-order valence-electron chi connectivity index (χ2n) is 5.12. The third-order valence-electron chi connectivity index (χ3n) is 3.71. The molecule has 3 nitrogen and oxygen atoms in total. The summed E-state index contributed by atoms with van der Waals surface area (Å²) in [5.74, 6) is -0.400. The Morgan fingerprint density at radius 2 is 1.90 bits per heavy atom. The highest BCUT2D eigenvalue weighted by atomic mass is 19.1. The van der Waals surface area contributed by atoms with Crippen LogP contribution in [0.2, 0.25) is 0 Å². The molecule has 0 aromatic heterocycles. The Bertz CT molecular complexity index is 657. The van der Waals surface area contributed by atoms with E-state index in [0.717, 1.165) is 24.3 Å². The highest BCUT2D eigenvalue weighted by Gasteiger charge is 2.21. The molecule has 0 bridgehead atoms. The smallest absolute Gasteiger partial charge is 0.231 e. The van der Waals surface area contributed by atoms with Crippen molar-refractivity contribution in [2.24, 2.45) is 0 Å². The number of para-hydroxylation sites is 1. The summed E-state index contributed by atoms with van der Waals surface area (Å²) in [5.41, 5.74) is 2.46. The number of amides is 1. The predicted molar refractivity (Wildman–Crippen MR) is 80.6 cm³/mol. The quantitative estimate of drug-likeness (QED) is 0.919. The lowest BCUT2D eigenvalue weighted by atomic mass is 10.1. The second-order valence-corrected chi connectivity index (χ2v) is 5.12. The molecule has 2 aromatic rings. The Labute approximate surface area is 123 Å². The van der Waals surface area contributed by atoms with Crippen molar-refractivity contribution >= 4 is 11.6 Å². The van der Waals surface area contributed by atoms with Gasteiger partial charge in [-0.3, -0.25) is 4.79 Å². The standard InChI is InChI=1S/C17H17FN2O/c18-15-7-3-1-5-13(15)11-17(21)20-10-9-19-12-14-6-2-4-8-16(14)20/h1-8,19H,9-12H2. The zero-order valence-corrected chi connectivity index (χ0v) is 11.7. The minimum atomic E-state index is -0.327. The van der Waals surface area contributed by atoms with Gasteiger partial charge in [0.15, 0.2) is 0 Å². The van der Waals surface area contributed by atoms with Crippen LogP contribution in [0.3, 0.4) is 0 Å². The van der Waals surface area contributed by atoms with E-state index in [1.54, 1.807) is 23.1 Å². The summed E-state index contributed by atoms with van der Waals surface area (Å²) in [4.78, 5) is 14.3. The largest absolute Gasteiger partial charge is 0.311 e. The maximum atomic E-state index is 13.7. The van der Waals surface area contributed by atoms with Crippen LogP contribution in [-0.2, 0) is 17.8 Å². The van der Waals surface area contributed by atoms with Gasteiger partial charge in [-0.25, -0.2) is 4.39 Å². The first kappa shape index (κ1) is 13.8. The van der Waals surface area contributed by atoms with E-state index in [-0.39, 0.29) is 18.1 Å². The molecule has 0 fully saturated rings. The molecule has 1 aliphatic rings. The number of hydrogen-bond acceptors (Lipinski definition) is 2. The first-order chi connectivity index (χ1) is 10.3. The Balaban J connectivity index is 1.86. The molecule has 4 heteroatoms. The Morgan fingerprint density at radius 1 is 1.14 bits per heavy atom. The van der Waals surface area contributed by atoms with Crippen LogP contribution in [0.1, 0.15) is 11.1 Å². The van der Waals surface area contributed by atoms with Crippen molar-refractivity contribution in [3.63, 3.8) is 0 Å². The van der Waals surface area contributed by atoms with Crippen LogP contribution < -0.4 is 10.2 Å². The van der Waals surface area contributed by atoms with Gasteiger partial charge in [-0.05, 0) is 23.3 Å². The van der Waals surface area contributed by atoms with Gasteiger partial charge in [-0.2, -0.15) is 0 Å². The van der Waals surface area contributed by atoms with Crippen molar-refractivity contribution in [2.75, 3.05) is 18.0 Å². The van der Waals surface area contributed by atoms with E-state index in [4.69, 9.17) is 0 Å². The topological polar surface area (TPSA) is 32.3 Å². The first-order valence-electron chi connectivity index (χ1n) is 7.08. The van der Waals surface area contributed by atoms with Gasteiger partial charge in [0, 0.05) is 25.3 Å². The third kappa shape index (κ3) is 2.95. The normalized spacial score (nSPS) is 14.4. The summed E-state index contributed by atoms with van der Waals surface area (Å²) in [6, 6.07) is 14.3. The van der Waals surface area contributed by atoms with Gasteiger partial charge in [0.2, 0.25) is 5.91 Å². The number of halogens is 1. The van der Waals surface area contributed by atoms with E-state index in [2.05, 4.69) is 5.32 Å². The van der Waals surface area contributed by atoms with Crippen molar-refractivity contribution < 1.29 is 9.18 Å². The summed E-state index contributed by atoms with van der Waals surface area (Å²) in [5, 5.41) is 3.30. The summed E-state index contributed by atoms with van der Waals surface area (Å²) >= 11 is 0. The number of fused-ring (bicyclic) bond motifs is 1. The van der Waals surface area contributed by atoms with Crippen LogP contribution in [0.5, 0.6) is 0 Å². The maximum Gasteiger partial charge on any atom is 0.231 e. The molecule has 1 amide bonds. The number of hydrogen-bond donors (Lipinski definition) is 1. The van der Waals surface area contributed by atoms with Crippen LogP contribution in [0.25, 0.3) is 0 Å². The molecule has 1 heterocycles. The molecule has 0 aliphatic carbocycles. The zero-order chi connectivity index (χ0) is 14.7. The first-order valence-corrected chi connectivity index (χ1v) is 7.08. The summed E-state index contributed by atoms with van der Waals surface area (Å²) in [6.45, 7) is 2.08. The van der Waals surface area contributed by atoms with Crippen molar-refractivity contribution in [2.45, 2.75) is 13.0 Å². The Hall–Kier alpha value is -2.20. The minimum Gasteiger partial charge on any atom is -0.311 e. The summed E-state index contributed by atoms with van der Waals surface area (Å²) in [6.07, 6.45) is 0.0843. The van der Waals surface area contributed by atoms with Gasteiger partial charge in [-0.15, -0.1) is 0 Å². The third-order valence-corrected chi connectivity index (χ3v) is 3.71. The summed E-state index contributed by atoms with van der Waals surface area (Å²) in [7, 11) is 0. The highest BCUT2D eigenvalue weighted by molar-refractivity contribution is 5.95. The van der Waals surface area contributed by atoms with Crippen molar-refractivity contribution in [1.29, 1.82) is 0 Å². The molecule has 0 saturated heterocycles. The highest BCUT2D eigenvalue weighted by Crippen LogP contribution is 2.23. The van der Waals surface area contributed by atoms with E-state index < -0.39 is 0 Å². The van der Waals surface area contributed by atoms with Crippen LogP contribution in [0.4, 0.5) is 10.1 Å². The fourth-order valence-electron chi connectivity index (χ4n) is 2.62. The average molecular weight is 284 g/mol. The van der Waals surface area contributed by atoms with E-state index >= 15 is 0 Å². The van der Waals surface area contributed by atoms with E-state index in [9.17, 15) is 9.18 Å². The average Bonchev–Trinajstić information content (AvgIpc) is 2.72. The Morgan fingerprint density at radius 3 is 2.76 bits per heavy atom. The lowest BCUT2D eigenvalue weighted by Gasteiger charge is -2.22. The van der Waals surface area contributed by atoms with Gasteiger partial charge in [0.05, 0.1) is 6.42 Å². The fourth-order valence-corrected chi connectivity index (χ4v) is 2.62. The van der Waals surface area contributed by atoms with Gasteiger partial charge in [0.25, 0.3) is 0 Å². The van der Waals surface area contributed by atoms with E-state index in [1.165, 1.54) is 6.07 Å². The molecule has 0 unspecified atom stereocenters. The zero-order valence-electron chi connectivity index (χ0n) is 11.7. The monoisotopic (exact) mass is 284 g/mol. The van der Waals surface area contributed by atoms with Gasteiger partial charge >= 0.3 is 0 Å². The molecule has 0 atom stereocenters. The molecule has 3 rings (SSSR count). The number of carbonyl (C=O) groups excluding carboxylic acids is 1. The molecule has 21 heavy (non-hydrogen) atoms. The second kappa shape index (κ2) is 6.06. The Kier molecular flexibility index (Phi) is 3.97. The molecule has 1 N–H and O–H groups in total. The van der Waals surface area contributed by atoms with Crippen molar-refractivity contribution in [3.8, 4) is 0 Å². The SMILES string of the molecule is O=C(Cc1ccccc1F)N1CCNCc2ccccc21. The molecule has 1 aliphatic heterocycles. The maximum absolute atomic E-state index is 13.7. The number of carbonyl (C=O) groups is 1. The predicted octanol–water partition coefficient (Wildman–Crippen LogP) is 2.50. The molecular formula is C17H17FN2O. The number of nitrogens with zero attached hydrogens (tertiary/aromatic N) is 1. The lowest BCUT2D eigenvalue weighted by molar-refractivity contribution is -0.118. The molecule has 0 radical (unpaired) electrons. The van der Waals surface area contributed by atoms with Crippen molar-refractivity contribution in [1.82, 2.24) is 5.32 Å². The van der Waals surface area contributed by atoms with E-state index in [1.807, 2.05) is 24.3 Å². The van der Waals surface area contributed by atoms with Crippen molar-refractivity contribution in [3.05, 3.63) is 65.5 Å². The van der Waals surface area contributed by atoms with Crippen LogP contribution in [-0.4, -0.2) is 19.0 Å². The number of nitrogens with one attached hydrogen (secondary N) is 1. The van der Waals surface area contributed by atoms with E-state index in [0.29, 0.717) is 12.1 Å². The van der Waals surface area contributed by atoms with Crippen LogP contribution >= 0.6 is 0 Å². The number of anilines is 1. The molecule has 0 saturated carbocycles. The molecule has 2 aromatic carbocycles. The van der Waals surface area contributed by atoms with Gasteiger partial charge in [-0.1, -0.05) is 36.4 Å². The minimum absolute atomic E-state index is 0.0729. The lowest BCUT2D eigenvalue weighted by Crippen LogP contribution is -2.35. The number of rotatable bonds is 2. The molecule has 0 spiro atoms. The fraction of sp³-hybridized carbons (Fsp3) is 0.235. The molecule has 108 valence electrons. The van der Waals surface area contributed by atoms with Crippen LogP contribution in [0.15, 0.2) is 48.5 Å². The number of benzene rings is 2. The van der Waals surface area contributed by atoms with Crippen LogP contribution in [0, 0.1) is 5.82 Å². The van der Waals surface area contributed by atoms with Gasteiger partial charge in [0.1, 0.15) is 5.82 Å². The molecular weight excluding hydrogens is 267 g/mol.